The van der Waals surface area contributed by atoms with E-state index in [1.54, 1.807) is 30.7 Å². The smallest absolute Gasteiger partial charge is 0.281 e. The number of rotatable bonds is 5. The lowest BCUT2D eigenvalue weighted by atomic mass is 9.78. The van der Waals surface area contributed by atoms with Gasteiger partial charge in [-0.3, -0.25) is 0 Å². The molecule has 1 aromatic rings. The third-order valence-electron chi connectivity index (χ3n) is 4.67. The zero-order valence-electron chi connectivity index (χ0n) is 13.5. The van der Waals surface area contributed by atoms with Crippen LogP contribution in [0, 0.1) is 5.41 Å². The molecule has 3 heterocycles. The lowest BCUT2D eigenvalue weighted by Gasteiger charge is -2.43. The molecule has 0 radical (unpaired) electrons. The van der Waals surface area contributed by atoms with Crippen LogP contribution in [-0.4, -0.2) is 68.5 Å². The van der Waals surface area contributed by atoms with Gasteiger partial charge in [-0.25, -0.2) is 4.98 Å². The van der Waals surface area contributed by atoms with Crippen molar-refractivity contribution in [1.29, 1.82) is 0 Å². The van der Waals surface area contributed by atoms with E-state index in [9.17, 15) is 8.42 Å². The molecule has 2 aliphatic heterocycles. The van der Waals surface area contributed by atoms with Crippen molar-refractivity contribution in [3.8, 4) is 5.88 Å². The highest BCUT2D eigenvalue weighted by molar-refractivity contribution is 7.86. The lowest BCUT2D eigenvalue weighted by molar-refractivity contribution is -0.0208. The third-order valence-corrected chi connectivity index (χ3v) is 6.55. The molecule has 0 bridgehead atoms. The van der Waals surface area contributed by atoms with E-state index < -0.39 is 10.2 Å². The summed E-state index contributed by atoms with van der Waals surface area (Å²) in [6, 6.07) is 5.50. The standard InChI is InChI=1S/C15H23N3O4S/c1-17(2)23(19,20)18-9-6-13-15(11-18,7-10-21-13)12-22-14-5-3-4-8-16-14/h3-5,8,13H,6-7,9-12H2,1-2H3/t13-,15+/m0/s1. The van der Waals surface area contributed by atoms with Crippen LogP contribution in [0.2, 0.25) is 0 Å². The maximum atomic E-state index is 12.4. The van der Waals surface area contributed by atoms with Crippen LogP contribution in [0.5, 0.6) is 5.88 Å². The summed E-state index contributed by atoms with van der Waals surface area (Å²) in [7, 11) is -0.301. The second kappa shape index (κ2) is 6.35. The van der Waals surface area contributed by atoms with Crippen molar-refractivity contribution in [3.05, 3.63) is 24.4 Å². The number of aromatic nitrogens is 1. The van der Waals surface area contributed by atoms with Crippen LogP contribution < -0.4 is 4.74 Å². The van der Waals surface area contributed by atoms with Gasteiger partial charge in [-0.1, -0.05) is 6.07 Å². The molecule has 0 saturated carbocycles. The average molecular weight is 341 g/mol. The second-order valence-electron chi connectivity index (χ2n) is 6.34. The Labute approximate surface area is 137 Å². The van der Waals surface area contributed by atoms with Crippen LogP contribution >= 0.6 is 0 Å². The molecule has 0 amide bonds. The number of hydrogen-bond acceptors (Lipinski definition) is 5. The van der Waals surface area contributed by atoms with Gasteiger partial charge in [0.05, 0.1) is 12.7 Å². The third kappa shape index (κ3) is 3.21. The Morgan fingerprint density at radius 1 is 1.48 bits per heavy atom. The molecular weight excluding hydrogens is 318 g/mol. The van der Waals surface area contributed by atoms with Gasteiger partial charge in [-0.15, -0.1) is 0 Å². The lowest BCUT2D eigenvalue weighted by Crippen LogP contribution is -2.56. The molecule has 2 saturated heterocycles. The van der Waals surface area contributed by atoms with Crippen molar-refractivity contribution in [1.82, 2.24) is 13.6 Å². The van der Waals surface area contributed by atoms with Crippen LogP contribution in [0.1, 0.15) is 12.8 Å². The normalized spacial score (nSPS) is 28.7. The van der Waals surface area contributed by atoms with Gasteiger partial charge in [0, 0.05) is 51.5 Å². The summed E-state index contributed by atoms with van der Waals surface area (Å²) in [6.45, 7) is 1.96. The van der Waals surface area contributed by atoms with Crippen molar-refractivity contribution >= 4 is 10.2 Å². The Kier molecular flexibility index (Phi) is 4.59. The van der Waals surface area contributed by atoms with Crippen molar-refractivity contribution in [3.63, 3.8) is 0 Å². The molecule has 2 aliphatic rings. The SMILES string of the molecule is CN(C)S(=O)(=O)N1CC[C@@H]2OCC[C@]2(COc2ccccn2)C1. The van der Waals surface area contributed by atoms with Crippen molar-refractivity contribution in [2.75, 3.05) is 40.4 Å². The Balaban J connectivity index is 1.77. The molecule has 23 heavy (non-hydrogen) atoms. The van der Waals surface area contributed by atoms with Crippen molar-refractivity contribution in [2.24, 2.45) is 5.41 Å². The fourth-order valence-corrected chi connectivity index (χ4v) is 4.51. The molecule has 1 aromatic heterocycles. The highest BCUT2D eigenvalue weighted by Gasteiger charge is 2.51. The van der Waals surface area contributed by atoms with E-state index in [1.807, 2.05) is 12.1 Å². The Morgan fingerprint density at radius 3 is 3.00 bits per heavy atom. The van der Waals surface area contributed by atoms with Gasteiger partial charge in [0.1, 0.15) is 0 Å². The molecule has 128 valence electrons. The zero-order chi connectivity index (χ0) is 16.5. The summed E-state index contributed by atoms with van der Waals surface area (Å²) in [4.78, 5) is 4.17. The summed E-state index contributed by atoms with van der Waals surface area (Å²) in [5.41, 5.74) is -0.307. The van der Waals surface area contributed by atoms with Crippen LogP contribution in [0.3, 0.4) is 0 Å². The van der Waals surface area contributed by atoms with E-state index in [2.05, 4.69) is 4.98 Å². The summed E-state index contributed by atoms with van der Waals surface area (Å²) in [5.74, 6) is 0.556. The minimum Gasteiger partial charge on any atom is -0.477 e. The molecule has 0 aliphatic carbocycles. The minimum atomic E-state index is -3.42. The molecule has 0 N–H and O–H groups in total. The number of ether oxygens (including phenoxy) is 2. The first kappa shape index (κ1) is 16.6. The fourth-order valence-electron chi connectivity index (χ4n) is 3.29. The van der Waals surface area contributed by atoms with E-state index in [-0.39, 0.29) is 11.5 Å². The number of fused-ring (bicyclic) bond motifs is 1. The van der Waals surface area contributed by atoms with Crippen molar-refractivity contribution < 1.29 is 17.9 Å². The molecule has 3 rings (SSSR count). The van der Waals surface area contributed by atoms with E-state index in [0.29, 0.717) is 38.6 Å². The molecule has 7 nitrogen and oxygen atoms in total. The highest BCUT2D eigenvalue weighted by atomic mass is 32.2. The van der Waals surface area contributed by atoms with Gasteiger partial charge in [0.25, 0.3) is 10.2 Å². The fraction of sp³-hybridized carbons (Fsp3) is 0.667. The highest BCUT2D eigenvalue weighted by Crippen LogP contribution is 2.42. The molecule has 0 aromatic carbocycles. The van der Waals surface area contributed by atoms with Gasteiger partial charge < -0.3 is 9.47 Å². The average Bonchev–Trinajstić information content (AvgIpc) is 2.97. The largest absolute Gasteiger partial charge is 0.477 e. The molecule has 2 fully saturated rings. The van der Waals surface area contributed by atoms with Gasteiger partial charge in [0.15, 0.2) is 0 Å². The van der Waals surface area contributed by atoms with Gasteiger partial charge in [0.2, 0.25) is 5.88 Å². The first-order valence-corrected chi connectivity index (χ1v) is 9.17. The molecule has 0 spiro atoms. The maximum absolute atomic E-state index is 12.4. The van der Waals surface area contributed by atoms with Crippen LogP contribution in [0.25, 0.3) is 0 Å². The summed E-state index contributed by atoms with van der Waals surface area (Å²) < 4.78 is 39.4. The van der Waals surface area contributed by atoms with Crippen LogP contribution in [0.4, 0.5) is 0 Å². The molecule has 2 atom stereocenters. The number of hydrogen-bond donors (Lipinski definition) is 0. The van der Waals surface area contributed by atoms with Crippen molar-refractivity contribution in [2.45, 2.75) is 18.9 Å². The first-order valence-electron chi connectivity index (χ1n) is 7.77. The van der Waals surface area contributed by atoms with E-state index in [1.165, 1.54) is 4.31 Å². The monoisotopic (exact) mass is 341 g/mol. The molecule has 8 heteroatoms. The quantitative estimate of drug-likeness (QED) is 0.790. The van der Waals surface area contributed by atoms with Gasteiger partial charge in [-0.05, 0) is 18.9 Å². The number of pyridine rings is 1. The zero-order valence-corrected chi connectivity index (χ0v) is 14.3. The topological polar surface area (TPSA) is 72.0 Å². The number of nitrogens with zero attached hydrogens (tertiary/aromatic N) is 3. The van der Waals surface area contributed by atoms with E-state index in [0.717, 1.165) is 6.42 Å². The predicted octanol–water partition coefficient (Wildman–Crippen LogP) is 0.748. The minimum absolute atomic E-state index is 0.0415. The Bertz CT molecular complexity index is 637. The Hall–Kier alpha value is -1.22. The number of piperidine rings is 1. The summed E-state index contributed by atoms with van der Waals surface area (Å²) in [5, 5.41) is 0. The molecular formula is C15H23N3O4S. The predicted molar refractivity (Wildman–Crippen MR) is 85.3 cm³/mol. The maximum Gasteiger partial charge on any atom is 0.281 e. The molecule has 0 unspecified atom stereocenters. The van der Waals surface area contributed by atoms with Gasteiger partial charge >= 0.3 is 0 Å². The van der Waals surface area contributed by atoms with Crippen LogP contribution in [-0.2, 0) is 14.9 Å². The Morgan fingerprint density at radius 2 is 2.30 bits per heavy atom. The summed E-state index contributed by atoms with van der Waals surface area (Å²) in [6.07, 6.45) is 3.21. The van der Waals surface area contributed by atoms with E-state index >= 15 is 0 Å². The van der Waals surface area contributed by atoms with E-state index in [4.69, 9.17) is 9.47 Å². The van der Waals surface area contributed by atoms with Gasteiger partial charge in [-0.2, -0.15) is 17.0 Å². The second-order valence-corrected chi connectivity index (χ2v) is 8.48. The summed E-state index contributed by atoms with van der Waals surface area (Å²) >= 11 is 0. The first-order chi connectivity index (χ1) is 10.9. The van der Waals surface area contributed by atoms with Crippen LogP contribution in [0.15, 0.2) is 24.4 Å².